The average Bonchev–Trinajstić information content (AvgIpc) is 3.16. The van der Waals surface area contributed by atoms with Crippen LogP contribution in [0.3, 0.4) is 0 Å². The zero-order valence-corrected chi connectivity index (χ0v) is 18.1. The van der Waals surface area contributed by atoms with E-state index in [0.29, 0.717) is 31.6 Å². The number of ketones is 1. The second-order valence-electron chi connectivity index (χ2n) is 8.18. The summed E-state index contributed by atoms with van der Waals surface area (Å²) in [5, 5.41) is 0. The molecule has 164 valence electrons. The smallest absolute Gasteiger partial charge is 0.329 e. The Labute approximate surface area is 176 Å². The molecule has 2 fully saturated rings. The van der Waals surface area contributed by atoms with E-state index in [2.05, 4.69) is 0 Å². The molecule has 2 aliphatic rings. The van der Waals surface area contributed by atoms with Gasteiger partial charge in [-0.1, -0.05) is 12.8 Å². The topological polar surface area (TPSA) is 94.9 Å². The summed E-state index contributed by atoms with van der Waals surface area (Å²) in [6.07, 6.45) is 3.21. The van der Waals surface area contributed by atoms with Crippen LogP contribution in [-0.4, -0.2) is 59.4 Å². The minimum Gasteiger partial charge on any atom is -0.456 e. The molecule has 0 spiro atoms. The highest BCUT2D eigenvalue weighted by molar-refractivity contribution is 6.08. The first-order valence-corrected chi connectivity index (χ1v) is 10.5. The molecule has 1 aliphatic heterocycles. The summed E-state index contributed by atoms with van der Waals surface area (Å²) >= 11 is 0. The molecule has 8 nitrogen and oxygen atoms in total. The van der Waals surface area contributed by atoms with Crippen molar-refractivity contribution in [1.29, 1.82) is 0 Å². The predicted molar refractivity (Wildman–Crippen MR) is 108 cm³/mol. The van der Waals surface area contributed by atoms with Crippen LogP contribution < -0.4 is 0 Å². The fourth-order valence-corrected chi connectivity index (χ4v) is 4.62. The maximum absolute atomic E-state index is 12.6. The molecule has 0 radical (unpaired) electrons. The predicted octanol–water partition coefficient (Wildman–Crippen LogP) is 2.04. The number of methoxy groups -OCH3 is 1. The fourth-order valence-electron chi connectivity index (χ4n) is 4.62. The molecule has 0 N–H and O–H groups in total. The van der Waals surface area contributed by atoms with Gasteiger partial charge in [0.15, 0.2) is 6.61 Å². The molecule has 1 saturated heterocycles. The quantitative estimate of drug-likeness (QED) is 0.364. The number of fused-ring (bicyclic) bond motifs is 1. The van der Waals surface area contributed by atoms with Crippen molar-refractivity contribution in [2.24, 2.45) is 11.8 Å². The van der Waals surface area contributed by atoms with Crippen LogP contribution in [0.15, 0.2) is 6.07 Å². The highest BCUT2D eigenvalue weighted by Crippen LogP contribution is 2.38. The van der Waals surface area contributed by atoms with Crippen LogP contribution in [0.25, 0.3) is 0 Å². The van der Waals surface area contributed by atoms with Crippen molar-refractivity contribution >= 4 is 23.6 Å². The standard InChI is InChI=1S/C22H30N2O6/c1-13-11-18(14(2)23(13)9-10-29-4)19(25)12-30-22(28)15(3)24-20(26)16-7-5-6-8-17(16)21(24)27/h11,15-17H,5-10,12H2,1-4H3/t15-,16-,17+/m0/s1. The number of aromatic nitrogens is 1. The van der Waals surface area contributed by atoms with Gasteiger partial charge in [-0.3, -0.25) is 19.3 Å². The van der Waals surface area contributed by atoms with Crippen molar-refractivity contribution in [3.05, 3.63) is 23.0 Å². The van der Waals surface area contributed by atoms with Gasteiger partial charge in [0.25, 0.3) is 0 Å². The van der Waals surface area contributed by atoms with Gasteiger partial charge in [-0.05, 0) is 39.7 Å². The molecule has 1 aliphatic carbocycles. The lowest BCUT2D eigenvalue weighted by atomic mass is 9.81. The third kappa shape index (κ3) is 4.05. The number of esters is 1. The van der Waals surface area contributed by atoms with Gasteiger partial charge in [-0.15, -0.1) is 0 Å². The Morgan fingerprint density at radius 3 is 2.30 bits per heavy atom. The number of imide groups is 1. The highest BCUT2D eigenvalue weighted by Gasteiger charge is 2.51. The minimum atomic E-state index is -1.03. The Morgan fingerprint density at radius 2 is 1.73 bits per heavy atom. The van der Waals surface area contributed by atoms with E-state index in [-0.39, 0.29) is 29.4 Å². The molecule has 0 aromatic carbocycles. The number of ether oxygens (including phenoxy) is 2. The number of aryl methyl sites for hydroxylation is 1. The number of nitrogens with zero attached hydrogens (tertiary/aromatic N) is 2. The van der Waals surface area contributed by atoms with E-state index < -0.39 is 18.6 Å². The van der Waals surface area contributed by atoms with E-state index >= 15 is 0 Å². The third-order valence-electron chi connectivity index (χ3n) is 6.34. The number of likely N-dealkylation sites (tertiary alicyclic amines) is 1. The summed E-state index contributed by atoms with van der Waals surface area (Å²) < 4.78 is 12.3. The van der Waals surface area contributed by atoms with E-state index in [4.69, 9.17) is 9.47 Å². The second-order valence-corrected chi connectivity index (χ2v) is 8.18. The summed E-state index contributed by atoms with van der Waals surface area (Å²) in [6.45, 7) is 5.94. The molecule has 0 bridgehead atoms. The number of carbonyl (C=O) groups is 4. The van der Waals surface area contributed by atoms with Gasteiger partial charge in [-0.25, -0.2) is 4.79 Å². The maximum atomic E-state index is 12.6. The first kappa shape index (κ1) is 22.2. The van der Waals surface area contributed by atoms with Crippen molar-refractivity contribution in [2.45, 2.75) is 59.0 Å². The zero-order valence-electron chi connectivity index (χ0n) is 18.1. The van der Waals surface area contributed by atoms with Crippen molar-refractivity contribution in [3.8, 4) is 0 Å². The minimum absolute atomic E-state index is 0.290. The van der Waals surface area contributed by atoms with Crippen LogP contribution in [0.5, 0.6) is 0 Å². The molecular weight excluding hydrogens is 388 g/mol. The largest absolute Gasteiger partial charge is 0.456 e. The summed E-state index contributed by atoms with van der Waals surface area (Å²) in [6, 6.07) is 0.737. The van der Waals surface area contributed by atoms with Gasteiger partial charge in [0.2, 0.25) is 17.6 Å². The molecule has 2 amide bonds. The molecule has 3 rings (SSSR count). The summed E-state index contributed by atoms with van der Waals surface area (Å²) in [4.78, 5) is 51.5. The molecule has 2 heterocycles. The number of carbonyl (C=O) groups excluding carboxylic acids is 4. The Balaban J connectivity index is 1.62. The second kappa shape index (κ2) is 9.12. The summed E-state index contributed by atoms with van der Waals surface area (Å²) in [5.41, 5.74) is 2.19. The average molecular weight is 418 g/mol. The van der Waals surface area contributed by atoms with Gasteiger partial charge in [-0.2, -0.15) is 0 Å². The van der Waals surface area contributed by atoms with E-state index in [0.717, 1.165) is 29.1 Å². The van der Waals surface area contributed by atoms with Gasteiger partial charge in [0.1, 0.15) is 6.04 Å². The van der Waals surface area contributed by atoms with Crippen LogP contribution in [0, 0.1) is 25.7 Å². The number of hydrogen-bond acceptors (Lipinski definition) is 6. The van der Waals surface area contributed by atoms with E-state index in [9.17, 15) is 19.2 Å². The van der Waals surface area contributed by atoms with E-state index in [1.54, 1.807) is 13.2 Å². The highest BCUT2D eigenvalue weighted by atomic mass is 16.5. The van der Waals surface area contributed by atoms with Gasteiger partial charge >= 0.3 is 5.97 Å². The maximum Gasteiger partial charge on any atom is 0.329 e. The fraction of sp³-hybridized carbons (Fsp3) is 0.636. The summed E-state index contributed by atoms with van der Waals surface area (Å²) in [5.74, 6) is -2.28. The molecular formula is C22H30N2O6. The number of hydrogen-bond donors (Lipinski definition) is 0. The van der Waals surface area contributed by atoms with Crippen molar-refractivity contribution in [3.63, 3.8) is 0 Å². The molecule has 1 saturated carbocycles. The third-order valence-corrected chi connectivity index (χ3v) is 6.34. The summed E-state index contributed by atoms with van der Waals surface area (Å²) in [7, 11) is 1.62. The van der Waals surface area contributed by atoms with Crippen LogP contribution in [0.4, 0.5) is 0 Å². The number of Topliss-reactive ketones (excluding diaryl/α,β-unsaturated/α-hetero) is 1. The van der Waals surface area contributed by atoms with Gasteiger partial charge in [0.05, 0.1) is 18.4 Å². The number of rotatable bonds is 8. The molecule has 1 aromatic heterocycles. The van der Waals surface area contributed by atoms with E-state index in [1.165, 1.54) is 6.92 Å². The Morgan fingerprint density at radius 1 is 1.13 bits per heavy atom. The van der Waals surface area contributed by atoms with Crippen LogP contribution >= 0.6 is 0 Å². The Kier molecular flexibility index (Phi) is 6.75. The lowest BCUT2D eigenvalue weighted by molar-refractivity contribution is -0.157. The molecule has 0 unspecified atom stereocenters. The Bertz CT molecular complexity index is 834. The van der Waals surface area contributed by atoms with Crippen molar-refractivity contribution < 1.29 is 28.7 Å². The molecule has 8 heteroatoms. The zero-order chi connectivity index (χ0) is 22.0. The van der Waals surface area contributed by atoms with E-state index in [1.807, 2.05) is 18.4 Å². The van der Waals surface area contributed by atoms with Gasteiger partial charge < -0.3 is 14.0 Å². The lowest BCUT2D eigenvalue weighted by Crippen LogP contribution is -2.44. The molecule has 30 heavy (non-hydrogen) atoms. The van der Waals surface area contributed by atoms with Crippen LogP contribution in [0.1, 0.15) is 54.4 Å². The Hall–Kier alpha value is -2.48. The molecule has 3 atom stereocenters. The first-order chi connectivity index (χ1) is 14.3. The first-order valence-electron chi connectivity index (χ1n) is 10.5. The molecule has 1 aromatic rings. The van der Waals surface area contributed by atoms with Crippen molar-refractivity contribution in [2.75, 3.05) is 20.3 Å². The lowest BCUT2D eigenvalue weighted by Gasteiger charge is -2.21. The van der Waals surface area contributed by atoms with Crippen molar-refractivity contribution in [1.82, 2.24) is 9.47 Å². The number of amides is 2. The van der Waals surface area contributed by atoms with Crippen LogP contribution in [0.2, 0.25) is 0 Å². The monoisotopic (exact) mass is 418 g/mol. The van der Waals surface area contributed by atoms with Gasteiger partial charge in [0, 0.05) is 30.6 Å². The normalized spacial score (nSPS) is 22.2. The van der Waals surface area contributed by atoms with Crippen LogP contribution in [-0.2, 0) is 30.4 Å². The SMILES string of the molecule is COCCn1c(C)cc(C(=O)COC(=O)[C@H](C)N2C(=O)[C@H]3CCCC[C@H]3C2=O)c1C.